The number of rotatable bonds is 1. The van der Waals surface area contributed by atoms with Crippen LogP contribution in [0.25, 0.3) is 11.1 Å². The molecule has 3 rings (SSSR count). The van der Waals surface area contributed by atoms with Gasteiger partial charge in [0.2, 0.25) is 5.89 Å². The van der Waals surface area contributed by atoms with Crippen LogP contribution in [0.3, 0.4) is 0 Å². The maximum atomic E-state index is 13.4. The monoisotopic (exact) mass is 268 g/mol. The SMILES string of the molecule is CC1(c2nc3cc(Cl)c(F)cc3o2)CCCC1N. The Labute approximate surface area is 109 Å². The Hall–Kier alpha value is -1.13. The molecule has 1 aromatic heterocycles. The van der Waals surface area contributed by atoms with Crippen LogP contribution in [0.4, 0.5) is 4.39 Å². The Morgan fingerprint density at radius 3 is 3.00 bits per heavy atom. The molecule has 1 heterocycles. The Morgan fingerprint density at radius 1 is 1.56 bits per heavy atom. The number of nitrogens with zero attached hydrogens (tertiary/aromatic N) is 1. The van der Waals surface area contributed by atoms with Gasteiger partial charge >= 0.3 is 0 Å². The Bertz CT molecular complexity index is 573. The second-order valence-corrected chi connectivity index (χ2v) is 5.58. The smallest absolute Gasteiger partial charge is 0.202 e. The highest BCUT2D eigenvalue weighted by Crippen LogP contribution is 2.40. The molecule has 0 amide bonds. The summed E-state index contributed by atoms with van der Waals surface area (Å²) in [5.41, 5.74) is 6.87. The molecule has 1 aromatic carbocycles. The van der Waals surface area contributed by atoms with Gasteiger partial charge in [0, 0.05) is 12.1 Å². The molecule has 0 aliphatic heterocycles. The van der Waals surface area contributed by atoms with Crippen molar-refractivity contribution in [3.05, 3.63) is 28.9 Å². The average Bonchev–Trinajstić information content (AvgIpc) is 2.86. The Balaban J connectivity index is 2.14. The van der Waals surface area contributed by atoms with E-state index in [0.29, 0.717) is 17.0 Å². The first-order chi connectivity index (χ1) is 8.50. The molecular formula is C13H14ClFN2O. The van der Waals surface area contributed by atoms with Gasteiger partial charge in [-0.1, -0.05) is 18.0 Å². The summed E-state index contributed by atoms with van der Waals surface area (Å²) in [5, 5.41) is 0.0585. The van der Waals surface area contributed by atoms with Crippen LogP contribution in [-0.4, -0.2) is 11.0 Å². The van der Waals surface area contributed by atoms with Crippen molar-refractivity contribution in [2.45, 2.75) is 37.6 Å². The van der Waals surface area contributed by atoms with Gasteiger partial charge in [-0.05, 0) is 25.8 Å². The van der Waals surface area contributed by atoms with E-state index < -0.39 is 5.82 Å². The maximum absolute atomic E-state index is 13.4. The molecule has 1 saturated carbocycles. The topological polar surface area (TPSA) is 52.0 Å². The molecule has 2 aromatic rings. The molecule has 0 spiro atoms. The van der Waals surface area contributed by atoms with Gasteiger partial charge in [-0.15, -0.1) is 0 Å². The van der Waals surface area contributed by atoms with Crippen LogP contribution in [0.1, 0.15) is 32.1 Å². The largest absolute Gasteiger partial charge is 0.440 e. The van der Waals surface area contributed by atoms with Crippen molar-refractivity contribution < 1.29 is 8.81 Å². The highest BCUT2D eigenvalue weighted by atomic mass is 35.5. The van der Waals surface area contributed by atoms with E-state index >= 15 is 0 Å². The molecule has 2 N–H and O–H groups in total. The number of nitrogens with two attached hydrogens (primary N) is 1. The van der Waals surface area contributed by atoms with Crippen molar-refractivity contribution in [2.75, 3.05) is 0 Å². The maximum Gasteiger partial charge on any atom is 0.202 e. The van der Waals surface area contributed by atoms with Crippen LogP contribution in [0.2, 0.25) is 5.02 Å². The van der Waals surface area contributed by atoms with Gasteiger partial charge in [-0.25, -0.2) is 9.37 Å². The summed E-state index contributed by atoms with van der Waals surface area (Å²) in [6.07, 6.45) is 2.97. The summed E-state index contributed by atoms with van der Waals surface area (Å²) in [6.45, 7) is 2.05. The third-order valence-corrected chi connectivity index (χ3v) is 4.24. The van der Waals surface area contributed by atoms with Crippen LogP contribution < -0.4 is 5.73 Å². The van der Waals surface area contributed by atoms with E-state index in [1.54, 1.807) is 0 Å². The normalized spacial score (nSPS) is 28.1. The fraction of sp³-hybridized carbons (Fsp3) is 0.462. The van der Waals surface area contributed by atoms with Gasteiger partial charge in [0.25, 0.3) is 0 Å². The number of halogens is 2. The lowest BCUT2D eigenvalue weighted by atomic mass is 9.85. The third kappa shape index (κ3) is 1.63. The number of oxazole rings is 1. The first kappa shape index (κ1) is 11.9. The number of aromatic nitrogens is 1. The Morgan fingerprint density at radius 2 is 2.33 bits per heavy atom. The molecule has 5 heteroatoms. The number of benzene rings is 1. The molecule has 18 heavy (non-hydrogen) atoms. The molecule has 0 bridgehead atoms. The van der Waals surface area contributed by atoms with E-state index in [1.807, 2.05) is 6.92 Å². The van der Waals surface area contributed by atoms with E-state index in [2.05, 4.69) is 4.98 Å². The summed E-state index contributed by atoms with van der Waals surface area (Å²) in [5.74, 6) is 0.0944. The van der Waals surface area contributed by atoms with Crippen LogP contribution in [-0.2, 0) is 5.41 Å². The van der Waals surface area contributed by atoms with Crippen LogP contribution in [0, 0.1) is 5.82 Å². The summed E-state index contributed by atoms with van der Waals surface area (Å²) < 4.78 is 19.0. The van der Waals surface area contributed by atoms with Gasteiger partial charge in [0.05, 0.1) is 10.4 Å². The number of hydrogen-bond acceptors (Lipinski definition) is 3. The van der Waals surface area contributed by atoms with Gasteiger partial charge in [0.15, 0.2) is 5.58 Å². The molecule has 3 nitrogen and oxygen atoms in total. The number of hydrogen-bond donors (Lipinski definition) is 1. The standard InChI is InChI=1S/C13H14ClFN2O/c1-13(4-2-3-11(13)16)12-17-9-5-7(14)8(15)6-10(9)18-12/h5-6,11H,2-4,16H2,1H3. The highest BCUT2D eigenvalue weighted by Gasteiger charge is 2.42. The van der Waals surface area contributed by atoms with Gasteiger partial charge in [-0.2, -0.15) is 0 Å². The predicted octanol–water partition coefficient (Wildman–Crippen LogP) is 3.39. The van der Waals surface area contributed by atoms with Crippen molar-refractivity contribution in [1.29, 1.82) is 0 Å². The van der Waals surface area contributed by atoms with E-state index in [4.69, 9.17) is 21.8 Å². The fourth-order valence-corrected chi connectivity index (χ4v) is 2.78. The highest BCUT2D eigenvalue weighted by molar-refractivity contribution is 6.31. The predicted molar refractivity (Wildman–Crippen MR) is 68.2 cm³/mol. The van der Waals surface area contributed by atoms with Gasteiger partial charge in [0.1, 0.15) is 11.3 Å². The van der Waals surface area contributed by atoms with E-state index in [1.165, 1.54) is 12.1 Å². The lowest BCUT2D eigenvalue weighted by molar-refractivity contribution is 0.332. The molecule has 1 aliphatic carbocycles. The van der Waals surface area contributed by atoms with Crippen LogP contribution in [0.15, 0.2) is 16.5 Å². The van der Waals surface area contributed by atoms with Crippen LogP contribution in [0.5, 0.6) is 0 Å². The lowest BCUT2D eigenvalue weighted by Gasteiger charge is -2.24. The molecule has 1 fully saturated rings. The van der Waals surface area contributed by atoms with Crippen molar-refractivity contribution >= 4 is 22.7 Å². The summed E-state index contributed by atoms with van der Waals surface area (Å²) >= 11 is 5.74. The van der Waals surface area contributed by atoms with Crippen molar-refractivity contribution in [2.24, 2.45) is 5.73 Å². The van der Waals surface area contributed by atoms with Crippen LogP contribution >= 0.6 is 11.6 Å². The van der Waals surface area contributed by atoms with E-state index in [-0.39, 0.29) is 16.5 Å². The van der Waals surface area contributed by atoms with Crippen molar-refractivity contribution in [3.8, 4) is 0 Å². The minimum atomic E-state index is -0.493. The summed E-state index contributed by atoms with van der Waals surface area (Å²) in [7, 11) is 0. The quantitative estimate of drug-likeness (QED) is 0.862. The molecule has 96 valence electrons. The molecule has 2 unspecified atom stereocenters. The third-order valence-electron chi connectivity index (χ3n) is 3.95. The molecular weight excluding hydrogens is 255 g/mol. The summed E-state index contributed by atoms with van der Waals surface area (Å²) in [4.78, 5) is 4.42. The zero-order chi connectivity index (χ0) is 12.9. The van der Waals surface area contributed by atoms with Crippen molar-refractivity contribution in [3.63, 3.8) is 0 Å². The van der Waals surface area contributed by atoms with Gasteiger partial charge < -0.3 is 10.2 Å². The molecule has 2 atom stereocenters. The number of fused-ring (bicyclic) bond motifs is 1. The van der Waals surface area contributed by atoms with E-state index in [0.717, 1.165) is 19.3 Å². The summed E-state index contributed by atoms with van der Waals surface area (Å²) in [6, 6.07) is 2.80. The Kier molecular flexibility index (Phi) is 2.61. The minimum Gasteiger partial charge on any atom is -0.440 e. The zero-order valence-corrected chi connectivity index (χ0v) is 10.8. The van der Waals surface area contributed by atoms with Crippen molar-refractivity contribution in [1.82, 2.24) is 4.98 Å². The minimum absolute atomic E-state index is 0.0332. The second kappa shape index (κ2) is 3.93. The first-order valence-corrected chi connectivity index (χ1v) is 6.40. The second-order valence-electron chi connectivity index (χ2n) is 5.17. The first-order valence-electron chi connectivity index (χ1n) is 6.02. The average molecular weight is 269 g/mol. The molecule has 0 saturated heterocycles. The van der Waals surface area contributed by atoms with Gasteiger partial charge in [-0.3, -0.25) is 0 Å². The fourth-order valence-electron chi connectivity index (χ4n) is 2.63. The van der Waals surface area contributed by atoms with E-state index in [9.17, 15) is 4.39 Å². The lowest BCUT2D eigenvalue weighted by Crippen LogP contribution is -2.38. The molecule has 1 aliphatic rings. The molecule has 0 radical (unpaired) electrons. The zero-order valence-electron chi connectivity index (χ0n) is 10.0.